The van der Waals surface area contributed by atoms with Crippen molar-refractivity contribution in [2.75, 3.05) is 6.61 Å². The average Bonchev–Trinajstić information content (AvgIpc) is 2.10. The molecule has 0 aliphatic rings. The Bertz CT molecular complexity index is 202. The van der Waals surface area contributed by atoms with Crippen LogP contribution in [0.15, 0.2) is 12.7 Å². The predicted molar refractivity (Wildman–Crippen MR) is 54.8 cm³/mol. The van der Waals surface area contributed by atoms with Crippen molar-refractivity contribution in [2.24, 2.45) is 11.1 Å². The highest BCUT2D eigenvalue weighted by molar-refractivity contribution is 5.64. The Labute approximate surface area is 84.7 Å². The van der Waals surface area contributed by atoms with Crippen LogP contribution in [0.2, 0.25) is 0 Å². The van der Waals surface area contributed by atoms with Gasteiger partial charge in [-0.1, -0.05) is 19.9 Å². The lowest BCUT2D eigenvalue weighted by Crippen LogP contribution is -2.38. The topological polar surface area (TPSA) is 72.6 Å². The molecule has 4 nitrogen and oxygen atoms in total. The maximum atomic E-state index is 10.6. The van der Waals surface area contributed by atoms with Crippen LogP contribution < -0.4 is 5.73 Å². The third-order valence-electron chi connectivity index (χ3n) is 2.29. The van der Waals surface area contributed by atoms with Crippen LogP contribution in [0.1, 0.15) is 26.7 Å². The second-order valence-corrected chi connectivity index (χ2v) is 3.92. The van der Waals surface area contributed by atoms with Crippen LogP contribution in [-0.4, -0.2) is 23.9 Å². The van der Waals surface area contributed by atoms with Gasteiger partial charge in [0.15, 0.2) is 0 Å². The van der Waals surface area contributed by atoms with Gasteiger partial charge in [0.2, 0.25) is 0 Å². The maximum absolute atomic E-state index is 10.6. The minimum Gasteiger partial charge on any atom is -0.443 e. The summed E-state index contributed by atoms with van der Waals surface area (Å²) in [6.45, 7) is 7.23. The summed E-state index contributed by atoms with van der Waals surface area (Å²) in [5.74, 6) is 0. The molecule has 0 rings (SSSR count). The summed E-state index contributed by atoms with van der Waals surface area (Å²) in [7, 11) is 0. The zero-order valence-electron chi connectivity index (χ0n) is 8.82. The number of ether oxygens (including phenoxy) is 1. The van der Waals surface area contributed by atoms with Crippen LogP contribution in [0.25, 0.3) is 0 Å². The first kappa shape index (κ1) is 13.0. The van der Waals surface area contributed by atoms with Gasteiger partial charge in [-0.05, 0) is 12.8 Å². The molecule has 0 spiro atoms. The number of allylic oxidation sites excluding steroid dienone is 1. The van der Waals surface area contributed by atoms with Crippen LogP contribution >= 0.6 is 0 Å². The number of aliphatic hydroxyl groups excluding tert-OH is 1. The fourth-order valence-electron chi connectivity index (χ4n) is 1.22. The first-order valence-electron chi connectivity index (χ1n) is 4.62. The number of nitrogens with two attached hydrogens (primary N) is 1. The summed E-state index contributed by atoms with van der Waals surface area (Å²) >= 11 is 0. The number of carbonyl (C=O) groups is 1. The zero-order chi connectivity index (χ0) is 11.2. The molecule has 0 fully saturated rings. The monoisotopic (exact) mass is 201 g/mol. The summed E-state index contributed by atoms with van der Waals surface area (Å²) in [6, 6.07) is 0. The van der Waals surface area contributed by atoms with E-state index in [1.54, 1.807) is 6.08 Å². The van der Waals surface area contributed by atoms with E-state index >= 15 is 0 Å². The van der Waals surface area contributed by atoms with Gasteiger partial charge in [-0.2, -0.15) is 0 Å². The van der Waals surface area contributed by atoms with Crippen molar-refractivity contribution < 1.29 is 14.6 Å². The van der Waals surface area contributed by atoms with Gasteiger partial charge in [0, 0.05) is 5.41 Å². The highest BCUT2D eigenvalue weighted by Crippen LogP contribution is 2.29. The highest BCUT2D eigenvalue weighted by atomic mass is 16.6. The lowest BCUT2D eigenvalue weighted by molar-refractivity contribution is -0.0125. The van der Waals surface area contributed by atoms with Gasteiger partial charge >= 0.3 is 6.09 Å². The molecule has 0 bridgehead atoms. The van der Waals surface area contributed by atoms with Crippen molar-refractivity contribution in [2.45, 2.75) is 32.8 Å². The molecule has 0 saturated heterocycles. The van der Waals surface area contributed by atoms with Crippen molar-refractivity contribution in [3.8, 4) is 0 Å². The summed E-state index contributed by atoms with van der Waals surface area (Å²) in [6.07, 6.45) is 1.98. The highest BCUT2D eigenvalue weighted by Gasteiger charge is 2.30. The molecule has 4 heteroatoms. The lowest BCUT2D eigenvalue weighted by Gasteiger charge is -2.31. The Morgan fingerprint density at radius 2 is 2.29 bits per heavy atom. The molecule has 3 N–H and O–H groups in total. The summed E-state index contributed by atoms with van der Waals surface area (Å²) < 4.78 is 4.82. The van der Waals surface area contributed by atoms with Gasteiger partial charge < -0.3 is 15.6 Å². The third-order valence-corrected chi connectivity index (χ3v) is 2.29. The quantitative estimate of drug-likeness (QED) is 0.638. The van der Waals surface area contributed by atoms with Gasteiger partial charge in [-0.25, -0.2) is 4.79 Å². The van der Waals surface area contributed by atoms with Crippen LogP contribution in [0, 0.1) is 5.41 Å². The van der Waals surface area contributed by atoms with E-state index in [-0.39, 0.29) is 12.0 Å². The Balaban J connectivity index is 4.30. The Morgan fingerprint density at radius 1 is 1.71 bits per heavy atom. The zero-order valence-corrected chi connectivity index (χ0v) is 8.82. The summed E-state index contributed by atoms with van der Waals surface area (Å²) in [5, 5.41) is 9.05. The van der Waals surface area contributed by atoms with Crippen molar-refractivity contribution in [1.82, 2.24) is 0 Å². The number of hydrogen-bond donors (Lipinski definition) is 2. The van der Waals surface area contributed by atoms with Crippen molar-refractivity contribution >= 4 is 6.09 Å². The van der Waals surface area contributed by atoms with Crippen LogP contribution in [0.4, 0.5) is 4.79 Å². The van der Waals surface area contributed by atoms with Crippen molar-refractivity contribution in [1.29, 1.82) is 0 Å². The standard InChI is InChI=1S/C10H19NO3/c1-4-5-6-10(2,3)8(7-12)14-9(11)13/h4,8,12H,1,5-7H2,2-3H3,(H2,11,13). The molecule has 0 aromatic carbocycles. The van der Waals surface area contributed by atoms with E-state index in [0.717, 1.165) is 12.8 Å². The average molecular weight is 201 g/mol. The molecule has 0 aliphatic carbocycles. The number of carbonyl (C=O) groups excluding carboxylic acids is 1. The van der Waals surface area contributed by atoms with Crippen LogP contribution in [0.3, 0.4) is 0 Å². The third kappa shape index (κ3) is 4.28. The van der Waals surface area contributed by atoms with Gasteiger partial charge in [-0.3, -0.25) is 0 Å². The number of hydrogen-bond acceptors (Lipinski definition) is 3. The molecule has 1 atom stereocenters. The van der Waals surface area contributed by atoms with E-state index < -0.39 is 12.2 Å². The molecule has 14 heavy (non-hydrogen) atoms. The molecule has 0 aliphatic heterocycles. The largest absolute Gasteiger partial charge is 0.443 e. The molecule has 0 radical (unpaired) electrons. The fraction of sp³-hybridized carbons (Fsp3) is 0.700. The second kappa shape index (κ2) is 5.65. The summed E-state index contributed by atoms with van der Waals surface area (Å²) in [4.78, 5) is 10.6. The number of aliphatic hydroxyl groups is 1. The molecular formula is C10H19NO3. The molecule has 0 saturated carbocycles. The molecule has 82 valence electrons. The Morgan fingerprint density at radius 3 is 2.64 bits per heavy atom. The second-order valence-electron chi connectivity index (χ2n) is 3.92. The molecule has 0 aromatic rings. The molecule has 1 amide bonds. The van der Waals surface area contributed by atoms with E-state index in [0.29, 0.717) is 0 Å². The predicted octanol–water partition coefficient (Wildman–Crippen LogP) is 1.43. The van der Waals surface area contributed by atoms with Crippen molar-refractivity contribution in [3.05, 3.63) is 12.7 Å². The number of rotatable bonds is 6. The molecule has 1 unspecified atom stereocenters. The van der Waals surface area contributed by atoms with Gasteiger partial charge in [0.25, 0.3) is 0 Å². The number of amides is 1. The van der Waals surface area contributed by atoms with Crippen LogP contribution in [-0.2, 0) is 4.74 Å². The smallest absolute Gasteiger partial charge is 0.404 e. The SMILES string of the molecule is C=CCCC(C)(C)C(CO)OC(N)=O. The first-order valence-corrected chi connectivity index (χ1v) is 4.62. The van der Waals surface area contributed by atoms with Gasteiger partial charge in [0.05, 0.1) is 6.61 Å². The Kier molecular flexibility index (Phi) is 5.23. The minimum absolute atomic E-state index is 0.215. The van der Waals surface area contributed by atoms with E-state index in [1.807, 2.05) is 13.8 Å². The van der Waals surface area contributed by atoms with E-state index in [1.165, 1.54) is 0 Å². The molecular weight excluding hydrogens is 182 g/mol. The van der Waals surface area contributed by atoms with Crippen molar-refractivity contribution in [3.63, 3.8) is 0 Å². The van der Waals surface area contributed by atoms with E-state index in [2.05, 4.69) is 6.58 Å². The first-order chi connectivity index (χ1) is 6.44. The normalized spacial score (nSPS) is 13.4. The molecule has 0 heterocycles. The van der Waals surface area contributed by atoms with Gasteiger partial charge in [0.1, 0.15) is 6.10 Å². The number of primary amides is 1. The summed E-state index contributed by atoms with van der Waals surface area (Å²) in [5.41, 5.74) is 4.61. The van der Waals surface area contributed by atoms with E-state index in [4.69, 9.17) is 15.6 Å². The van der Waals surface area contributed by atoms with E-state index in [9.17, 15) is 4.79 Å². The fourth-order valence-corrected chi connectivity index (χ4v) is 1.22. The van der Waals surface area contributed by atoms with Gasteiger partial charge in [-0.15, -0.1) is 6.58 Å². The lowest BCUT2D eigenvalue weighted by atomic mass is 9.82. The van der Waals surface area contributed by atoms with Crippen LogP contribution in [0.5, 0.6) is 0 Å². The minimum atomic E-state index is -0.851. The molecule has 0 aromatic heterocycles. The Hall–Kier alpha value is -1.03. The maximum Gasteiger partial charge on any atom is 0.404 e.